The minimum atomic E-state index is -0.0620. The summed E-state index contributed by atoms with van der Waals surface area (Å²) >= 11 is 1.65. The van der Waals surface area contributed by atoms with Crippen LogP contribution in [0.1, 0.15) is 30.2 Å². The third kappa shape index (κ3) is 2.92. The van der Waals surface area contributed by atoms with Crippen molar-refractivity contribution in [2.45, 2.75) is 19.1 Å². The van der Waals surface area contributed by atoms with Crippen molar-refractivity contribution in [3.63, 3.8) is 0 Å². The summed E-state index contributed by atoms with van der Waals surface area (Å²) in [5.41, 5.74) is 8.55. The van der Waals surface area contributed by atoms with Gasteiger partial charge in [0.2, 0.25) is 5.91 Å². The Morgan fingerprint density at radius 1 is 1.05 bits per heavy atom. The van der Waals surface area contributed by atoms with Crippen LogP contribution < -0.4 is 5.43 Å². The summed E-state index contributed by atoms with van der Waals surface area (Å²) in [6.07, 6.45) is 0. The number of hydrogen-bond donors (Lipinski definition) is 1. The number of rotatable bonds is 4. The maximum absolute atomic E-state index is 11.9. The van der Waals surface area contributed by atoms with E-state index in [2.05, 4.69) is 59.1 Å². The predicted molar refractivity (Wildman–Crippen MR) is 93.1 cm³/mol. The molecule has 4 heteroatoms. The van der Waals surface area contributed by atoms with E-state index in [0.29, 0.717) is 5.75 Å². The van der Waals surface area contributed by atoms with Crippen molar-refractivity contribution < 1.29 is 4.79 Å². The number of thioether (sulfide) groups is 1. The molecule has 1 aliphatic rings. The van der Waals surface area contributed by atoms with E-state index in [4.69, 9.17) is 0 Å². The fraction of sp³-hybridized carbons (Fsp3) is 0.222. The van der Waals surface area contributed by atoms with Crippen molar-refractivity contribution in [3.8, 4) is 11.1 Å². The van der Waals surface area contributed by atoms with Crippen molar-refractivity contribution >= 4 is 23.4 Å². The largest absolute Gasteiger partial charge is 0.272 e. The smallest absolute Gasteiger partial charge is 0.250 e. The highest BCUT2D eigenvalue weighted by molar-refractivity contribution is 8.00. The molecule has 22 heavy (non-hydrogen) atoms. The summed E-state index contributed by atoms with van der Waals surface area (Å²) in [4.78, 5) is 11.9. The number of carbonyl (C=O) groups excluding carboxylic acids is 1. The van der Waals surface area contributed by atoms with Crippen LogP contribution in [0.2, 0.25) is 0 Å². The number of benzene rings is 2. The monoisotopic (exact) mass is 310 g/mol. The molecule has 0 saturated carbocycles. The maximum Gasteiger partial charge on any atom is 0.250 e. The van der Waals surface area contributed by atoms with Gasteiger partial charge in [0.05, 0.1) is 11.0 Å². The van der Waals surface area contributed by atoms with Crippen molar-refractivity contribution in [1.29, 1.82) is 0 Å². The standard InChI is InChI=1S/C18H18N2OS/c1-12(2)19-20-17(21)11-22-18-15-9-5-3-7-13(15)14-8-4-6-10-16(14)18/h3-10,18H,11H2,1-2H3,(H,20,21). The molecule has 2 aromatic rings. The lowest BCUT2D eigenvalue weighted by Gasteiger charge is -2.12. The Morgan fingerprint density at radius 3 is 2.14 bits per heavy atom. The molecular formula is C18H18N2OS. The van der Waals surface area contributed by atoms with Gasteiger partial charge in [0.15, 0.2) is 0 Å². The van der Waals surface area contributed by atoms with E-state index >= 15 is 0 Å². The van der Waals surface area contributed by atoms with Crippen molar-refractivity contribution in [2.75, 3.05) is 5.75 Å². The van der Waals surface area contributed by atoms with Gasteiger partial charge >= 0.3 is 0 Å². The van der Waals surface area contributed by atoms with Gasteiger partial charge in [-0.15, -0.1) is 11.8 Å². The van der Waals surface area contributed by atoms with Crippen LogP contribution in [0.5, 0.6) is 0 Å². The fourth-order valence-electron chi connectivity index (χ4n) is 2.65. The van der Waals surface area contributed by atoms with E-state index in [1.54, 1.807) is 11.8 Å². The SMILES string of the molecule is CC(C)=NNC(=O)CSC1c2ccccc2-c2ccccc21. The number of nitrogens with one attached hydrogen (secondary N) is 1. The van der Waals surface area contributed by atoms with Crippen LogP contribution in [0.3, 0.4) is 0 Å². The zero-order valence-electron chi connectivity index (χ0n) is 12.7. The number of amides is 1. The number of hydrazone groups is 1. The maximum atomic E-state index is 11.9. The molecule has 0 radical (unpaired) electrons. The van der Waals surface area contributed by atoms with E-state index in [0.717, 1.165) is 5.71 Å². The lowest BCUT2D eigenvalue weighted by atomic mass is 10.1. The molecule has 0 atom stereocenters. The molecule has 0 fully saturated rings. The van der Waals surface area contributed by atoms with E-state index in [9.17, 15) is 4.79 Å². The number of hydrogen-bond acceptors (Lipinski definition) is 3. The minimum Gasteiger partial charge on any atom is -0.272 e. The van der Waals surface area contributed by atoms with E-state index < -0.39 is 0 Å². The Bertz CT molecular complexity index is 690. The Hall–Kier alpha value is -2.07. The quantitative estimate of drug-likeness (QED) is 0.685. The average Bonchev–Trinajstić information content (AvgIpc) is 2.85. The first-order valence-electron chi connectivity index (χ1n) is 7.26. The van der Waals surface area contributed by atoms with Gasteiger partial charge in [0.25, 0.3) is 0 Å². The van der Waals surface area contributed by atoms with Gasteiger partial charge in [-0.2, -0.15) is 5.10 Å². The lowest BCUT2D eigenvalue weighted by molar-refractivity contribution is -0.118. The second kappa shape index (κ2) is 6.36. The highest BCUT2D eigenvalue weighted by Gasteiger charge is 2.28. The molecule has 0 aromatic heterocycles. The molecule has 1 amide bonds. The van der Waals surface area contributed by atoms with Gasteiger partial charge in [0.1, 0.15) is 0 Å². The Morgan fingerprint density at radius 2 is 1.59 bits per heavy atom. The van der Waals surface area contributed by atoms with Crippen molar-refractivity contribution in [3.05, 3.63) is 59.7 Å². The summed E-state index contributed by atoms with van der Waals surface area (Å²) in [6.45, 7) is 3.72. The molecule has 1 aliphatic carbocycles. The molecule has 0 saturated heterocycles. The first kappa shape index (κ1) is 14.9. The summed E-state index contributed by atoms with van der Waals surface area (Å²) in [7, 11) is 0. The Balaban J connectivity index is 1.79. The third-order valence-corrected chi connectivity index (χ3v) is 4.83. The molecule has 0 bridgehead atoms. The van der Waals surface area contributed by atoms with Gasteiger partial charge in [-0.25, -0.2) is 5.43 Å². The van der Waals surface area contributed by atoms with Gasteiger partial charge in [-0.05, 0) is 36.1 Å². The highest BCUT2D eigenvalue weighted by atomic mass is 32.2. The van der Waals surface area contributed by atoms with Crippen LogP contribution in [0.25, 0.3) is 11.1 Å². The van der Waals surface area contributed by atoms with Gasteiger partial charge < -0.3 is 0 Å². The number of fused-ring (bicyclic) bond motifs is 3. The minimum absolute atomic E-state index is 0.0620. The van der Waals surface area contributed by atoms with Gasteiger partial charge in [0, 0.05) is 5.71 Å². The van der Waals surface area contributed by atoms with E-state index in [1.165, 1.54) is 22.3 Å². The predicted octanol–water partition coefficient (Wildman–Crippen LogP) is 4.00. The average molecular weight is 310 g/mol. The summed E-state index contributed by atoms with van der Waals surface area (Å²) in [5.74, 6) is 0.331. The fourth-order valence-corrected chi connectivity index (χ4v) is 3.81. The summed E-state index contributed by atoms with van der Waals surface area (Å²) < 4.78 is 0. The molecule has 0 unspecified atom stereocenters. The Labute approximate surface area is 134 Å². The topological polar surface area (TPSA) is 41.5 Å². The first-order valence-corrected chi connectivity index (χ1v) is 8.31. The second-order valence-corrected chi connectivity index (χ2v) is 6.55. The lowest BCUT2D eigenvalue weighted by Crippen LogP contribution is -2.21. The molecule has 0 heterocycles. The molecule has 2 aromatic carbocycles. The molecule has 112 valence electrons. The highest BCUT2D eigenvalue weighted by Crippen LogP contribution is 2.49. The van der Waals surface area contributed by atoms with Crippen LogP contribution in [0.4, 0.5) is 0 Å². The van der Waals surface area contributed by atoms with Crippen molar-refractivity contribution in [1.82, 2.24) is 5.43 Å². The summed E-state index contributed by atoms with van der Waals surface area (Å²) in [6, 6.07) is 16.9. The van der Waals surface area contributed by atoms with E-state index in [-0.39, 0.29) is 11.2 Å². The van der Waals surface area contributed by atoms with Gasteiger partial charge in [-0.1, -0.05) is 48.5 Å². The molecular weight excluding hydrogens is 292 g/mol. The number of nitrogens with zero attached hydrogens (tertiary/aromatic N) is 1. The number of carbonyl (C=O) groups is 1. The third-order valence-electron chi connectivity index (χ3n) is 3.56. The molecule has 0 spiro atoms. The molecule has 3 rings (SSSR count). The first-order chi connectivity index (χ1) is 10.7. The zero-order chi connectivity index (χ0) is 15.5. The molecule has 1 N–H and O–H groups in total. The Kier molecular flexibility index (Phi) is 4.29. The molecule has 0 aliphatic heterocycles. The van der Waals surface area contributed by atoms with Crippen LogP contribution in [0.15, 0.2) is 53.6 Å². The van der Waals surface area contributed by atoms with Crippen LogP contribution in [0, 0.1) is 0 Å². The van der Waals surface area contributed by atoms with Crippen LogP contribution in [-0.2, 0) is 4.79 Å². The van der Waals surface area contributed by atoms with Crippen LogP contribution in [-0.4, -0.2) is 17.4 Å². The van der Waals surface area contributed by atoms with E-state index in [1.807, 2.05) is 13.8 Å². The summed E-state index contributed by atoms with van der Waals surface area (Å²) in [5, 5.41) is 4.17. The normalized spacial score (nSPS) is 12.5. The molecule has 3 nitrogen and oxygen atoms in total. The zero-order valence-corrected chi connectivity index (χ0v) is 13.5. The van der Waals surface area contributed by atoms with Crippen LogP contribution >= 0.6 is 11.8 Å². The second-order valence-electron chi connectivity index (χ2n) is 5.46. The van der Waals surface area contributed by atoms with Gasteiger partial charge in [-0.3, -0.25) is 4.79 Å². The van der Waals surface area contributed by atoms with Crippen molar-refractivity contribution in [2.24, 2.45) is 5.10 Å².